The number of amides is 1. The summed E-state index contributed by atoms with van der Waals surface area (Å²) >= 11 is 0. The zero-order chi connectivity index (χ0) is 12.5. The number of rotatable bonds is 1. The van der Waals surface area contributed by atoms with Crippen molar-refractivity contribution in [1.29, 1.82) is 0 Å². The van der Waals surface area contributed by atoms with Crippen molar-refractivity contribution in [3.05, 3.63) is 42.0 Å². The van der Waals surface area contributed by atoms with Crippen LogP contribution in [0.25, 0.3) is 0 Å². The molecule has 1 aromatic carbocycles. The fraction of sp³-hybridized carbons (Fsp3) is 0.250. The van der Waals surface area contributed by atoms with Crippen LogP contribution >= 0.6 is 0 Å². The van der Waals surface area contributed by atoms with Crippen LogP contribution in [-0.4, -0.2) is 33.7 Å². The van der Waals surface area contributed by atoms with Crippen molar-refractivity contribution in [2.24, 2.45) is 5.73 Å². The number of carbonyl (C=O) groups excluding carboxylic acids is 1. The Bertz CT molecular complexity index is 566. The lowest BCUT2D eigenvalue weighted by Crippen LogP contribution is -2.46. The van der Waals surface area contributed by atoms with Crippen LogP contribution in [0.1, 0.15) is 16.2 Å². The molecule has 0 spiro atoms. The van der Waals surface area contributed by atoms with E-state index >= 15 is 0 Å². The fourth-order valence-corrected chi connectivity index (χ4v) is 2.26. The van der Waals surface area contributed by atoms with Gasteiger partial charge in [0.2, 0.25) is 5.82 Å². The molecular formula is C12H13N5O. The van der Waals surface area contributed by atoms with Crippen molar-refractivity contribution >= 4 is 11.6 Å². The second-order valence-electron chi connectivity index (χ2n) is 4.34. The van der Waals surface area contributed by atoms with Gasteiger partial charge in [0.1, 0.15) is 6.33 Å². The van der Waals surface area contributed by atoms with E-state index in [-0.39, 0.29) is 17.8 Å². The first-order valence-corrected chi connectivity index (χ1v) is 5.76. The summed E-state index contributed by atoms with van der Waals surface area (Å²) in [5, 5.41) is 6.28. The summed E-state index contributed by atoms with van der Waals surface area (Å²) in [4.78, 5) is 17.9. The molecule has 0 bridgehead atoms. The Morgan fingerprint density at radius 2 is 2.28 bits per heavy atom. The Labute approximate surface area is 104 Å². The third kappa shape index (κ3) is 1.76. The lowest BCUT2D eigenvalue weighted by atomic mass is 9.98. The van der Waals surface area contributed by atoms with Crippen molar-refractivity contribution in [2.75, 3.05) is 11.4 Å². The molecule has 2 heterocycles. The van der Waals surface area contributed by atoms with Gasteiger partial charge in [-0.15, -0.1) is 0 Å². The summed E-state index contributed by atoms with van der Waals surface area (Å²) in [6.07, 6.45) is 2.11. The lowest BCUT2D eigenvalue weighted by Gasteiger charge is -2.32. The molecule has 3 N–H and O–H groups in total. The fourth-order valence-electron chi connectivity index (χ4n) is 2.26. The molecule has 0 saturated heterocycles. The van der Waals surface area contributed by atoms with Gasteiger partial charge >= 0.3 is 0 Å². The van der Waals surface area contributed by atoms with Gasteiger partial charge in [-0.1, -0.05) is 18.2 Å². The molecule has 6 nitrogen and oxygen atoms in total. The molecule has 92 valence electrons. The zero-order valence-electron chi connectivity index (χ0n) is 9.71. The number of nitrogens with one attached hydrogen (secondary N) is 1. The molecule has 1 unspecified atom stereocenters. The summed E-state index contributed by atoms with van der Waals surface area (Å²) < 4.78 is 0. The van der Waals surface area contributed by atoms with Crippen LogP contribution in [0.4, 0.5) is 5.69 Å². The molecule has 1 aromatic heterocycles. The van der Waals surface area contributed by atoms with Crippen LogP contribution in [0.2, 0.25) is 0 Å². The van der Waals surface area contributed by atoms with Gasteiger partial charge in [-0.25, -0.2) is 4.98 Å². The Morgan fingerprint density at radius 1 is 1.44 bits per heavy atom. The average Bonchev–Trinajstić information content (AvgIpc) is 2.90. The molecule has 18 heavy (non-hydrogen) atoms. The number of para-hydroxylation sites is 1. The molecular weight excluding hydrogens is 230 g/mol. The van der Waals surface area contributed by atoms with Gasteiger partial charge in [0.15, 0.2) is 0 Å². The first-order valence-electron chi connectivity index (χ1n) is 5.76. The second kappa shape index (κ2) is 4.23. The van der Waals surface area contributed by atoms with E-state index in [0.29, 0.717) is 6.54 Å². The molecule has 1 aliphatic rings. The largest absolute Gasteiger partial charge is 0.326 e. The quantitative estimate of drug-likeness (QED) is 0.755. The highest BCUT2D eigenvalue weighted by Crippen LogP contribution is 2.27. The predicted molar refractivity (Wildman–Crippen MR) is 66.2 cm³/mol. The highest BCUT2D eigenvalue weighted by molar-refractivity contribution is 6.04. The van der Waals surface area contributed by atoms with Gasteiger partial charge in [0.25, 0.3) is 5.91 Å². The summed E-state index contributed by atoms with van der Waals surface area (Å²) in [5.74, 6) is 0.0361. The molecule has 1 atom stereocenters. The first kappa shape index (κ1) is 10.9. The maximum Gasteiger partial charge on any atom is 0.295 e. The average molecular weight is 243 g/mol. The Morgan fingerprint density at radius 3 is 3.06 bits per heavy atom. The van der Waals surface area contributed by atoms with Crippen LogP contribution in [0.3, 0.4) is 0 Å². The number of aromatic nitrogens is 3. The van der Waals surface area contributed by atoms with Crippen molar-refractivity contribution in [3.8, 4) is 0 Å². The van der Waals surface area contributed by atoms with E-state index in [4.69, 9.17) is 5.73 Å². The highest BCUT2D eigenvalue weighted by Gasteiger charge is 2.28. The standard InChI is InChI=1S/C12H13N5O/c13-9-5-8-3-1-2-4-10(8)17(6-9)12(18)11-14-7-15-16-11/h1-4,7,9H,5-6,13H2,(H,14,15,16). The van der Waals surface area contributed by atoms with E-state index in [1.807, 2.05) is 24.3 Å². The van der Waals surface area contributed by atoms with Crippen LogP contribution in [0, 0.1) is 0 Å². The predicted octanol–water partition coefficient (Wildman–Crippen LogP) is 0.335. The number of benzene rings is 1. The van der Waals surface area contributed by atoms with E-state index in [0.717, 1.165) is 17.7 Å². The normalized spacial score (nSPS) is 18.5. The maximum atomic E-state index is 12.3. The molecule has 6 heteroatoms. The van der Waals surface area contributed by atoms with Gasteiger partial charge < -0.3 is 10.6 Å². The van der Waals surface area contributed by atoms with Crippen LogP contribution in [0.5, 0.6) is 0 Å². The van der Waals surface area contributed by atoms with Crippen LogP contribution in [0.15, 0.2) is 30.6 Å². The molecule has 0 saturated carbocycles. The molecule has 3 rings (SSSR count). The number of hydrogen-bond acceptors (Lipinski definition) is 4. The minimum atomic E-state index is -0.199. The number of H-pyrrole nitrogens is 1. The van der Waals surface area contributed by atoms with Crippen molar-refractivity contribution in [2.45, 2.75) is 12.5 Å². The molecule has 0 radical (unpaired) electrons. The maximum absolute atomic E-state index is 12.3. The summed E-state index contributed by atoms with van der Waals surface area (Å²) in [7, 11) is 0. The van der Waals surface area contributed by atoms with Crippen LogP contribution in [-0.2, 0) is 6.42 Å². The van der Waals surface area contributed by atoms with E-state index < -0.39 is 0 Å². The monoisotopic (exact) mass is 243 g/mol. The minimum absolute atomic E-state index is 0.0493. The number of aromatic amines is 1. The SMILES string of the molecule is NC1Cc2ccccc2N(C(=O)c2ncn[nH]2)C1. The number of nitrogens with two attached hydrogens (primary N) is 1. The Hall–Kier alpha value is -2.21. The minimum Gasteiger partial charge on any atom is -0.326 e. The number of hydrogen-bond donors (Lipinski definition) is 2. The summed E-state index contributed by atoms with van der Waals surface area (Å²) in [6.45, 7) is 0.497. The molecule has 1 aliphatic heterocycles. The number of fused-ring (bicyclic) bond motifs is 1. The topological polar surface area (TPSA) is 87.9 Å². The molecule has 2 aromatic rings. The van der Waals surface area contributed by atoms with E-state index in [1.165, 1.54) is 6.33 Å². The van der Waals surface area contributed by atoms with Gasteiger partial charge in [-0.2, -0.15) is 5.10 Å². The van der Waals surface area contributed by atoms with Crippen molar-refractivity contribution in [1.82, 2.24) is 15.2 Å². The van der Waals surface area contributed by atoms with Gasteiger partial charge in [0.05, 0.1) is 0 Å². The zero-order valence-corrected chi connectivity index (χ0v) is 9.71. The van der Waals surface area contributed by atoms with Crippen molar-refractivity contribution < 1.29 is 4.79 Å². The Kier molecular flexibility index (Phi) is 2.56. The van der Waals surface area contributed by atoms with Gasteiger partial charge in [0, 0.05) is 18.3 Å². The van der Waals surface area contributed by atoms with Crippen LogP contribution < -0.4 is 10.6 Å². The Balaban J connectivity index is 2.00. The summed E-state index contributed by atoms with van der Waals surface area (Å²) in [5.41, 5.74) is 7.98. The number of anilines is 1. The third-order valence-corrected chi connectivity index (χ3v) is 3.04. The molecule has 0 aliphatic carbocycles. The second-order valence-corrected chi connectivity index (χ2v) is 4.34. The highest BCUT2D eigenvalue weighted by atomic mass is 16.2. The number of carbonyl (C=O) groups is 1. The molecule has 1 amide bonds. The van der Waals surface area contributed by atoms with E-state index in [1.54, 1.807) is 4.90 Å². The van der Waals surface area contributed by atoms with Crippen molar-refractivity contribution in [3.63, 3.8) is 0 Å². The smallest absolute Gasteiger partial charge is 0.295 e. The first-order chi connectivity index (χ1) is 8.75. The van der Waals surface area contributed by atoms with Gasteiger partial charge in [-0.05, 0) is 18.1 Å². The van der Waals surface area contributed by atoms with E-state index in [9.17, 15) is 4.79 Å². The van der Waals surface area contributed by atoms with Gasteiger partial charge in [-0.3, -0.25) is 9.89 Å². The number of nitrogens with zero attached hydrogens (tertiary/aromatic N) is 3. The molecule has 0 fully saturated rings. The lowest BCUT2D eigenvalue weighted by molar-refractivity contribution is 0.0974. The summed E-state index contributed by atoms with van der Waals surface area (Å²) in [6, 6.07) is 7.74. The third-order valence-electron chi connectivity index (χ3n) is 3.04. The van der Waals surface area contributed by atoms with E-state index in [2.05, 4.69) is 15.2 Å².